The van der Waals surface area contributed by atoms with Gasteiger partial charge in [0.1, 0.15) is 11.2 Å². The number of para-hydroxylation sites is 1. The van der Waals surface area contributed by atoms with Crippen molar-refractivity contribution < 1.29 is 4.42 Å². The topological polar surface area (TPSA) is 51.8 Å². The Kier molecular flexibility index (Phi) is 6.52. The molecule has 0 fully saturated rings. The summed E-state index contributed by atoms with van der Waals surface area (Å²) in [5.41, 5.74) is 6.77. The van der Waals surface area contributed by atoms with Crippen LogP contribution in [0.25, 0.3) is 110 Å². The van der Waals surface area contributed by atoms with Crippen LogP contribution >= 0.6 is 0 Å². The molecule has 0 N–H and O–H groups in total. The molecule has 246 valence electrons. The molecule has 0 spiro atoms. The lowest BCUT2D eigenvalue weighted by atomic mass is 9.92. The van der Waals surface area contributed by atoms with Crippen molar-refractivity contribution >= 4 is 65.0 Å². The molecule has 0 atom stereocenters. The van der Waals surface area contributed by atoms with Crippen molar-refractivity contribution in [2.24, 2.45) is 0 Å². The molecule has 11 aromatic rings. The van der Waals surface area contributed by atoms with Crippen molar-refractivity contribution in [3.05, 3.63) is 176 Å². The predicted octanol–water partition coefficient (Wildman–Crippen LogP) is 13.1. The zero-order chi connectivity index (χ0) is 34.9. The van der Waals surface area contributed by atoms with E-state index in [4.69, 9.17) is 19.4 Å². The van der Waals surface area contributed by atoms with Crippen LogP contribution < -0.4 is 0 Å². The highest BCUT2D eigenvalue weighted by molar-refractivity contribution is 6.16. The Balaban J connectivity index is 1.20. The molecule has 0 saturated carbocycles. The molecule has 0 radical (unpaired) electrons. The molecule has 0 amide bonds. The van der Waals surface area contributed by atoms with E-state index in [1.807, 2.05) is 18.2 Å². The average Bonchev–Trinajstić information content (AvgIpc) is 3.62. The average molecular weight is 676 g/mol. The molecule has 0 aliphatic heterocycles. The normalized spacial score (nSPS) is 11.8. The van der Waals surface area contributed by atoms with Gasteiger partial charge in [-0.2, -0.15) is 0 Å². The maximum Gasteiger partial charge on any atom is 0.164 e. The van der Waals surface area contributed by atoms with E-state index in [9.17, 15) is 0 Å². The van der Waals surface area contributed by atoms with Gasteiger partial charge in [0.15, 0.2) is 17.5 Å². The lowest BCUT2D eigenvalue weighted by molar-refractivity contribution is 0.669. The van der Waals surface area contributed by atoms with Crippen molar-refractivity contribution in [2.75, 3.05) is 0 Å². The van der Waals surface area contributed by atoms with Crippen molar-refractivity contribution in [2.45, 2.75) is 0 Å². The van der Waals surface area contributed by atoms with Crippen LogP contribution in [0.5, 0.6) is 0 Å². The van der Waals surface area contributed by atoms with Gasteiger partial charge < -0.3 is 4.42 Å². The molecular weight excluding hydrogens is 647 g/mol. The highest BCUT2D eigenvalue weighted by atomic mass is 16.3. The fourth-order valence-electron chi connectivity index (χ4n) is 7.98. The Labute approximate surface area is 304 Å². The molecule has 2 heterocycles. The quantitative estimate of drug-likeness (QED) is 0.174. The molecular formula is C49H29N3O. The van der Waals surface area contributed by atoms with E-state index in [0.29, 0.717) is 17.5 Å². The van der Waals surface area contributed by atoms with Crippen LogP contribution in [0, 0.1) is 0 Å². The number of nitrogens with zero attached hydrogens (tertiary/aromatic N) is 3. The fourth-order valence-corrected chi connectivity index (χ4v) is 7.98. The number of furan rings is 1. The molecule has 4 nitrogen and oxygen atoms in total. The van der Waals surface area contributed by atoms with E-state index >= 15 is 0 Å². The molecule has 0 aliphatic carbocycles. The summed E-state index contributed by atoms with van der Waals surface area (Å²) < 4.78 is 6.33. The third-order valence-electron chi connectivity index (χ3n) is 10.5. The van der Waals surface area contributed by atoms with Gasteiger partial charge in [0.25, 0.3) is 0 Å². The standard InChI is InChI=1S/C49H29N3O/c1-2-13-31-26-34(25-24-30(31)12-1)47-50-48(52-49(51-47)43-28-33-15-4-5-16-36(33)38-18-7-8-19-39(38)43)35-27-32-14-3-6-17-37(32)42(29-35)40-21-11-23-45-46(40)41-20-9-10-22-44(41)53-45/h1-29H. The predicted molar refractivity (Wildman–Crippen MR) is 219 cm³/mol. The van der Waals surface area contributed by atoms with Crippen molar-refractivity contribution in [3.8, 4) is 45.3 Å². The lowest BCUT2D eigenvalue weighted by Gasteiger charge is -2.14. The van der Waals surface area contributed by atoms with E-state index in [-0.39, 0.29) is 0 Å². The van der Waals surface area contributed by atoms with Crippen LogP contribution in [0.3, 0.4) is 0 Å². The Morgan fingerprint density at radius 1 is 0.302 bits per heavy atom. The Bertz CT molecular complexity index is 3250. The number of hydrogen-bond donors (Lipinski definition) is 0. The molecule has 9 aromatic carbocycles. The zero-order valence-corrected chi connectivity index (χ0v) is 28.5. The van der Waals surface area contributed by atoms with Gasteiger partial charge in [0, 0.05) is 27.5 Å². The largest absolute Gasteiger partial charge is 0.456 e. The van der Waals surface area contributed by atoms with Crippen molar-refractivity contribution in [1.29, 1.82) is 0 Å². The van der Waals surface area contributed by atoms with Crippen LogP contribution in [-0.4, -0.2) is 15.0 Å². The minimum atomic E-state index is 0.617. The van der Waals surface area contributed by atoms with Gasteiger partial charge in [-0.1, -0.05) is 140 Å². The minimum Gasteiger partial charge on any atom is -0.456 e. The molecule has 0 aliphatic rings. The van der Waals surface area contributed by atoms with E-state index in [1.54, 1.807) is 0 Å². The molecule has 0 bridgehead atoms. The summed E-state index contributed by atoms with van der Waals surface area (Å²) >= 11 is 0. The maximum absolute atomic E-state index is 6.33. The molecule has 11 rings (SSSR count). The second kappa shape index (κ2) is 11.7. The van der Waals surface area contributed by atoms with Crippen LogP contribution in [0.15, 0.2) is 180 Å². The van der Waals surface area contributed by atoms with Gasteiger partial charge in [-0.05, 0) is 90.6 Å². The first-order valence-electron chi connectivity index (χ1n) is 17.9. The molecule has 53 heavy (non-hydrogen) atoms. The van der Waals surface area contributed by atoms with Gasteiger partial charge in [0.2, 0.25) is 0 Å². The van der Waals surface area contributed by atoms with E-state index in [0.717, 1.165) is 76.7 Å². The number of aromatic nitrogens is 3. The van der Waals surface area contributed by atoms with Crippen molar-refractivity contribution in [3.63, 3.8) is 0 Å². The third kappa shape index (κ3) is 4.80. The smallest absolute Gasteiger partial charge is 0.164 e. The summed E-state index contributed by atoms with van der Waals surface area (Å²) in [5.74, 6) is 1.88. The lowest BCUT2D eigenvalue weighted by Crippen LogP contribution is -2.01. The summed E-state index contributed by atoms with van der Waals surface area (Å²) in [6.07, 6.45) is 0. The monoisotopic (exact) mass is 675 g/mol. The first-order chi connectivity index (χ1) is 26.2. The van der Waals surface area contributed by atoms with E-state index < -0.39 is 0 Å². The highest BCUT2D eigenvalue weighted by Crippen LogP contribution is 2.42. The van der Waals surface area contributed by atoms with Gasteiger partial charge in [-0.3, -0.25) is 0 Å². The minimum absolute atomic E-state index is 0.617. The molecule has 0 unspecified atom stereocenters. The Morgan fingerprint density at radius 2 is 0.887 bits per heavy atom. The second-order valence-electron chi connectivity index (χ2n) is 13.6. The number of hydrogen-bond acceptors (Lipinski definition) is 4. The summed E-state index contributed by atoms with van der Waals surface area (Å²) in [7, 11) is 0. The van der Waals surface area contributed by atoms with E-state index in [2.05, 4.69) is 158 Å². The van der Waals surface area contributed by atoms with Gasteiger partial charge in [-0.25, -0.2) is 15.0 Å². The van der Waals surface area contributed by atoms with Gasteiger partial charge in [0.05, 0.1) is 0 Å². The SMILES string of the molecule is c1ccc2cc(-c3nc(-c4cc(-c5cccc6oc7ccccc7c56)c5ccccc5c4)nc(-c4cc5ccccc5c5ccccc45)n3)ccc2c1. The molecule has 0 saturated heterocycles. The first-order valence-corrected chi connectivity index (χ1v) is 17.9. The van der Waals surface area contributed by atoms with Crippen LogP contribution in [0.4, 0.5) is 0 Å². The maximum atomic E-state index is 6.33. The zero-order valence-electron chi connectivity index (χ0n) is 28.5. The summed E-state index contributed by atoms with van der Waals surface area (Å²) in [6, 6.07) is 61.7. The fraction of sp³-hybridized carbons (Fsp3) is 0. The van der Waals surface area contributed by atoms with Crippen LogP contribution in [0.1, 0.15) is 0 Å². The number of rotatable bonds is 4. The summed E-state index contributed by atoms with van der Waals surface area (Å²) in [4.78, 5) is 15.8. The van der Waals surface area contributed by atoms with Crippen molar-refractivity contribution in [1.82, 2.24) is 15.0 Å². The second-order valence-corrected chi connectivity index (χ2v) is 13.6. The summed E-state index contributed by atoms with van der Waals surface area (Å²) in [5, 5.41) is 11.4. The van der Waals surface area contributed by atoms with Crippen LogP contribution in [0.2, 0.25) is 0 Å². The van der Waals surface area contributed by atoms with E-state index in [1.165, 1.54) is 16.2 Å². The molecule has 2 aromatic heterocycles. The Morgan fingerprint density at radius 3 is 1.72 bits per heavy atom. The number of fused-ring (bicyclic) bond motifs is 8. The van der Waals surface area contributed by atoms with Crippen LogP contribution in [-0.2, 0) is 0 Å². The summed E-state index contributed by atoms with van der Waals surface area (Å²) in [6.45, 7) is 0. The number of benzene rings is 9. The first kappa shape index (κ1) is 29.5. The molecule has 4 heteroatoms. The van der Waals surface area contributed by atoms with Gasteiger partial charge in [-0.15, -0.1) is 0 Å². The third-order valence-corrected chi connectivity index (χ3v) is 10.5. The Hall–Kier alpha value is -7.17. The highest BCUT2D eigenvalue weighted by Gasteiger charge is 2.19. The van der Waals surface area contributed by atoms with Gasteiger partial charge >= 0.3 is 0 Å².